The lowest BCUT2D eigenvalue weighted by Gasteiger charge is -2.07. The predicted octanol–water partition coefficient (Wildman–Crippen LogP) is 6.06. The van der Waals surface area contributed by atoms with Crippen molar-refractivity contribution >= 4 is 38.9 Å². The van der Waals surface area contributed by atoms with Gasteiger partial charge in [0.2, 0.25) is 0 Å². The summed E-state index contributed by atoms with van der Waals surface area (Å²) < 4.78 is 3.62. The third kappa shape index (κ3) is 3.12. The number of halogens is 2. The van der Waals surface area contributed by atoms with Crippen molar-refractivity contribution in [2.45, 2.75) is 26.3 Å². The van der Waals surface area contributed by atoms with Crippen LogP contribution in [0, 0.1) is 0 Å². The summed E-state index contributed by atoms with van der Waals surface area (Å²) in [5.74, 6) is 0. The summed E-state index contributed by atoms with van der Waals surface area (Å²) in [6.07, 6.45) is 4.94. The number of pyridine rings is 1. The summed E-state index contributed by atoms with van der Waals surface area (Å²) in [5, 5.41) is 4.80. The lowest BCUT2D eigenvalue weighted by atomic mass is 10.1. The highest BCUT2D eigenvalue weighted by molar-refractivity contribution is 9.10. The molecule has 3 aromatic rings. The smallest absolute Gasteiger partial charge is 0.110 e. The van der Waals surface area contributed by atoms with Crippen molar-refractivity contribution < 1.29 is 0 Å². The lowest BCUT2D eigenvalue weighted by molar-refractivity contribution is 0.479. The minimum absolute atomic E-state index is 0.355. The van der Waals surface area contributed by atoms with Gasteiger partial charge in [0.15, 0.2) is 0 Å². The van der Waals surface area contributed by atoms with Crippen molar-refractivity contribution in [2.24, 2.45) is 0 Å². The molecule has 0 saturated carbocycles. The zero-order valence-electron chi connectivity index (χ0n) is 12.3. The Labute approximate surface area is 147 Å². The van der Waals surface area contributed by atoms with Gasteiger partial charge in [0.25, 0.3) is 0 Å². The number of thiophene rings is 1. The number of aromatic nitrogens is 3. The van der Waals surface area contributed by atoms with Crippen molar-refractivity contribution in [3.05, 3.63) is 45.6 Å². The normalized spacial score (nSPS) is 12.5. The molecule has 3 aromatic heterocycles. The Morgan fingerprint density at radius 1 is 1.36 bits per heavy atom. The molecule has 114 valence electrons. The molecule has 6 heteroatoms. The number of hydrogen-bond donors (Lipinski definition) is 0. The molecular weight excluding hydrogens is 382 g/mol. The Bertz CT molecular complexity index is 796. The zero-order chi connectivity index (χ0) is 15.7. The van der Waals surface area contributed by atoms with E-state index in [1.807, 2.05) is 28.9 Å². The first-order valence-electron chi connectivity index (χ1n) is 7.05. The fraction of sp³-hybridized carbons (Fsp3) is 0.250. The van der Waals surface area contributed by atoms with E-state index in [1.54, 1.807) is 17.5 Å². The first-order valence-corrected chi connectivity index (χ1v) is 9.04. The third-order valence-corrected chi connectivity index (χ3v) is 5.29. The van der Waals surface area contributed by atoms with Gasteiger partial charge in [-0.05, 0) is 59.1 Å². The predicted molar refractivity (Wildman–Crippen MR) is 96.5 cm³/mol. The van der Waals surface area contributed by atoms with E-state index in [1.165, 1.54) is 0 Å². The standard InChI is InChI=1S/C16H15BrClN3S/c1-3-10(2)21-9-12(11-6-7-19-14(17)8-11)16(20-21)13-4-5-15(18)22-13/h4-10H,3H2,1-2H3. The first-order chi connectivity index (χ1) is 10.6. The first kappa shape index (κ1) is 15.7. The molecule has 3 nitrogen and oxygen atoms in total. The van der Waals surface area contributed by atoms with E-state index in [0.717, 1.165) is 37.1 Å². The Morgan fingerprint density at radius 2 is 2.18 bits per heavy atom. The zero-order valence-corrected chi connectivity index (χ0v) is 15.4. The second-order valence-corrected chi connectivity index (χ2v) is 7.63. The van der Waals surface area contributed by atoms with Crippen LogP contribution in [-0.2, 0) is 0 Å². The van der Waals surface area contributed by atoms with E-state index in [-0.39, 0.29) is 0 Å². The van der Waals surface area contributed by atoms with Crippen LogP contribution in [0.2, 0.25) is 4.34 Å². The maximum absolute atomic E-state index is 6.10. The molecule has 0 radical (unpaired) electrons. The highest BCUT2D eigenvalue weighted by Crippen LogP contribution is 2.37. The molecule has 0 aromatic carbocycles. The minimum Gasteiger partial charge on any atom is -0.269 e. The molecule has 0 spiro atoms. The molecule has 0 amide bonds. The SMILES string of the molecule is CCC(C)n1cc(-c2ccnc(Br)c2)c(-c2ccc(Cl)s2)n1. The fourth-order valence-corrected chi connectivity index (χ4v) is 3.62. The summed E-state index contributed by atoms with van der Waals surface area (Å²) in [5.41, 5.74) is 3.16. The largest absolute Gasteiger partial charge is 0.269 e. The summed E-state index contributed by atoms with van der Waals surface area (Å²) in [6, 6.07) is 8.30. The molecule has 1 atom stereocenters. The van der Waals surface area contributed by atoms with Crippen LogP contribution < -0.4 is 0 Å². The van der Waals surface area contributed by atoms with Crippen LogP contribution in [0.5, 0.6) is 0 Å². The second kappa shape index (κ2) is 6.52. The molecule has 3 heterocycles. The molecule has 0 aliphatic carbocycles. The van der Waals surface area contributed by atoms with Crippen LogP contribution in [0.25, 0.3) is 21.7 Å². The Balaban J connectivity index is 2.16. The maximum Gasteiger partial charge on any atom is 0.110 e. The van der Waals surface area contributed by atoms with Crippen LogP contribution >= 0.6 is 38.9 Å². The van der Waals surface area contributed by atoms with Crippen LogP contribution in [0.1, 0.15) is 26.3 Å². The number of nitrogens with zero attached hydrogens (tertiary/aromatic N) is 3. The summed E-state index contributed by atoms with van der Waals surface area (Å²) in [7, 11) is 0. The van der Waals surface area contributed by atoms with Gasteiger partial charge in [-0.2, -0.15) is 5.10 Å². The van der Waals surface area contributed by atoms with Crippen LogP contribution in [0.3, 0.4) is 0 Å². The summed E-state index contributed by atoms with van der Waals surface area (Å²) in [6.45, 7) is 4.33. The summed E-state index contributed by atoms with van der Waals surface area (Å²) >= 11 is 11.1. The van der Waals surface area contributed by atoms with Gasteiger partial charge in [-0.25, -0.2) is 4.98 Å². The Hall–Kier alpha value is -1.17. The van der Waals surface area contributed by atoms with Gasteiger partial charge in [-0.15, -0.1) is 11.3 Å². The quantitative estimate of drug-likeness (QED) is 0.502. The molecule has 22 heavy (non-hydrogen) atoms. The Kier molecular flexibility index (Phi) is 4.66. The van der Waals surface area contributed by atoms with Gasteiger partial charge in [-0.3, -0.25) is 4.68 Å². The second-order valence-electron chi connectivity index (χ2n) is 5.10. The lowest BCUT2D eigenvalue weighted by Crippen LogP contribution is -2.03. The van der Waals surface area contributed by atoms with E-state index in [0.29, 0.717) is 6.04 Å². The monoisotopic (exact) mass is 395 g/mol. The fourth-order valence-electron chi connectivity index (χ4n) is 2.21. The third-order valence-electron chi connectivity index (χ3n) is 3.62. The van der Waals surface area contributed by atoms with Crippen LogP contribution in [0.15, 0.2) is 41.3 Å². The molecule has 1 unspecified atom stereocenters. The van der Waals surface area contributed by atoms with Crippen molar-refractivity contribution in [1.29, 1.82) is 0 Å². The molecule has 3 rings (SSSR count). The highest BCUT2D eigenvalue weighted by Gasteiger charge is 2.17. The average molecular weight is 397 g/mol. The molecule has 0 bridgehead atoms. The van der Waals surface area contributed by atoms with Crippen molar-refractivity contribution in [3.63, 3.8) is 0 Å². The van der Waals surface area contributed by atoms with Gasteiger partial charge in [0.05, 0.1) is 9.21 Å². The van der Waals surface area contributed by atoms with Gasteiger partial charge in [0.1, 0.15) is 10.3 Å². The highest BCUT2D eigenvalue weighted by atomic mass is 79.9. The van der Waals surface area contributed by atoms with Crippen LogP contribution in [-0.4, -0.2) is 14.8 Å². The van der Waals surface area contributed by atoms with Gasteiger partial charge in [0, 0.05) is 24.0 Å². The van der Waals surface area contributed by atoms with E-state index in [4.69, 9.17) is 16.7 Å². The van der Waals surface area contributed by atoms with E-state index < -0.39 is 0 Å². The summed E-state index contributed by atoms with van der Waals surface area (Å²) in [4.78, 5) is 5.28. The van der Waals surface area contributed by atoms with Crippen molar-refractivity contribution in [1.82, 2.24) is 14.8 Å². The topological polar surface area (TPSA) is 30.7 Å². The number of hydrogen-bond acceptors (Lipinski definition) is 3. The van der Waals surface area contributed by atoms with E-state index in [2.05, 4.69) is 41.0 Å². The number of rotatable bonds is 4. The Morgan fingerprint density at radius 3 is 2.82 bits per heavy atom. The molecule has 0 aliphatic rings. The van der Waals surface area contributed by atoms with E-state index in [9.17, 15) is 0 Å². The molecule has 0 fully saturated rings. The van der Waals surface area contributed by atoms with Crippen molar-refractivity contribution in [2.75, 3.05) is 0 Å². The molecule has 0 N–H and O–H groups in total. The molecular formula is C16H15BrClN3S. The van der Waals surface area contributed by atoms with Crippen molar-refractivity contribution in [3.8, 4) is 21.7 Å². The molecule has 0 saturated heterocycles. The van der Waals surface area contributed by atoms with Gasteiger partial charge in [-0.1, -0.05) is 18.5 Å². The minimum atomic E-state index is 0.355. The average Bonchev–Trinajstić information content (AvgIpc) is 3.12. The van der Waals surface area contributed by atoms with Gasteiger partial charge < -0.3 is 0 Å². The van der Waals surface area contributed by atoms with Crippen LogP contribution in [0.4, 0.5) is 0 Å². The van der Waals surface area contributed by atoms with E-state index >= 15 is 0 Å². The maximum atomic E-state index is 6.10. The van der Waals surface area contributed by atoms with Gasteiger partial charge >= 0.3 is 0 Å². The molecule has 0 aliphatic heterocycles.